The number of carbonyl (C=O) groups is 1. The molecule has 2 atom stereocenters. The smallest absolute Gasteiger partial charge is 0.262 e. The van der Waals surface area contributed by atoms with Crippen molar-refractivity contribution < 1.29 is 14.6 Å². The van der Waals surface area contributed by atoms with Gasteiger partial charge >= 0.3 is 0 Å². The second kappa shape index (κ2) is 6.71. The minimum absolute atomic E-state index is 0.0843. The van der Waals surface area contributed by atoms with Crippen molar-refractivity contribution in [3.8, 4) is 11.8 Å². The van der Waals surface area contributed by atoms with Crippen LogP contribution in [0.15, 0.2) is 11.4 Å². The van der Waals surface area contributed by atoms with Crippen LogP contribution in [0.3, 0.4) is 0 Å². The van der Waals surface area contributed by atoms with Crippen LogP contribution in [0.2, 0.25) is 0 Å². The molecule has 0 aliphatic heterocycles. The van der Waals surface area contributed by atoms with Crippen molar-refractivity contribution in [2.24, 2.45) is 0 Å². The summed E-state index contributed by atoms with van der Waals surface area (Å²) in [6.45, 7) is -0.199. The van der Waals surface area contributed by atoms with E-state index >= 15 is 0 Å². The van der Waals surface area contributed by atoms with Crippen molar-refractivity contribution in [1.29, 1.82) is 0 Å². The van der Waals surface area contributed by atoms with Crippen LogP contribution in [-0.2, 0) is 4.74 Å². The number of aliphatic hydroxyl groups is 1. The van der Waals surface area contributed by atoms with E-state index in [2.05, 4.69) is 17.2 Å². The zero-order valence-corrected chi connectivity index (χ0v) is 11.6. The van der Waals surface area contributed by atoms with Gasteiger partial charge in [0, 0.05) is 18.7 Å². The summed E-state index contributed by atoms with van der Waals surface area (Å²) in [6, 6.07) is 1.98. The summed E-state index contributed by atoms with van der Waals surface area (Å²) in [5.74, 6) is 5.28. The number of hydrogen-bond acceptors (Lipinski definition) is 4. The Balaban J connectivity index is 1.99. The van der Waals surface area contributed by atoms with Gasteiger partial charge in [-0.2, -0.15) is 0 Å². The van der Waals surface area contributed by atoms with Gasteiger partial charge in [0.15, 0.2) is 0 Å². The maximum atomic E-state index is 12.2. The summed E-state index contributed by atoms with van der Waals surface area (Å²) in [6.07, 6.45) is 3.06. The maximum Gasteiger partial charge on any atom is 0.262 e. The van der Waals surface area contributed by atoms with Crippen LogP contribution in [0.1, 0.15) is 34.5 Å². The third-order valence-corrected chi connectivity index (χ3v) is 4.14. The zero-order valence-electron chi connectivity index (χ0n) is 10.8. The molecule has 1 aliphatic rings. The lowest BCUT2D eigenvalue weighted by Crippen LogP contribution is -2.33. The van der Waals surface area contributed by atoms with E-state index < -0.39 is 0 Å². The molecule has 1 amide bonds. The summed E-state index contributed by atoms with van der Waals surface area (Å²) < 4.78 is 5.29. The van der Waals surface area contributed by atoms with Gasteiger partial charge in [0.25, 0.3) is 5.91 Å². The molecule has 2 rings (SSSR count). The minimum atomic E-state index is -0.199. The fourth-order valence-corrected chi connectivity index (χ4v) is 3.01. The number of hydrogen-bond donors (Lipinski definition) is 2. The van der Waals surface area contributed by atoms with Crippen molar-refractivity contribution >= 4 is 17.2 Å². The number of amides is 1. The van der Waals surface area contributed by atoms with Crippen LogP contribution >= 0.6 is 11.3 Å². The van der Waals surface area contributed by atoms with Gasteiger partial charge in [0.1, 0.15) is 11.5 Å². The Kier molecular flexibility index (Phi) is 4.97. The van der Waals surface area contributed by atoms with Gasteiger partial charge in [-0.05, 0) is 30.7 Å². The summed E-state index contributed by atoms with van der Waals surface area (Å²) in [5, 5.41) is 13.6. The van der Waals surface area contributed by atoms with Crippen LogP contribution in [0, 0.1) is 11.8 Å². The van der Waals surface area contributed by atoms with E-state index in [1.54, 1.807) is 13.2 Å². The predicted molar refractivity (Wildman–Crippen MR) is 74.2 cm³/mol. The Labute approximate surface area is 116 Å². The van der Waals surface area contributed by atoms with E-state index in [0.717, 1.165) is 19.3 Å². The molecule has 2 N–H and O–H groups in total. The molecule has 2 unspecified atom stereocenters. The van der Waals surface area contributed by atoms with Gasteiger partial charge in [0.05, 0.1) is 6.10 Å². The molecule has 1 heterocycles. The monoisotopic (exact) mass is 279 g/mol. The van der Waals surface area contributed by atoms with E-state index in [9.17, 15) is 4.79 Å². The quantitative estimate of drug-likeness (QED) is 0.822. The Hall–Kier alpha value is -1.35. The highest BCUT2D eigenvalue weighted by atomic mass is 32.1. The summed E-state index contributed by atoms with van der Waals surface area (Å²) in [5.41, 5.74) is 0.679. The van der Waals surface area contributed by atoms with Crippen molar-refractivity contribution in [2.45, 2.75) is 31.4 Å². The molecule has 1 aromatic rings. The van der Waals surface area contributed by atoms with Crippen molar-refractivity contribution in [2.75, 3.05) is 13.7 Å². The van der Waals surface area contributed by atoms with Gasteiger partial charge in [-0.25, -0.2) is 0 Å². The largest absolute Gasteiger partial charge is 0.384 e. The SMILES string of the molecule is COC1CCC(NC(=O)c2sccc2C#CCO)C1. The van der Waals surface area contributed by atoms with Crippen molar-refractivity contribution in [1.82, 2.24) is 5.32 Å². The first-order chi connectivity index (χ1) is 9.24. The molecule has 0 bridgehead atoms. The lowest BCUT2D eigenvalue weighted by Gasteiger charge is -2.12. The Morgan fingerprint density at radius 1 is 1.63 bits per heavy atom. The first-order valence-electron chi connectivity index (χ1n) is 6.25. The van der Waals surface area contributed by atoms with Crippen LogP contribution in [0.5, 0.6) is 0 Å². The van der Waals surface area contributed by atoms with E-state index in [4.69, 9.17) is 9.84 Å². The average molecular weight is 279 g/mol. The van der Waals surface area contributed by atoms with Gasteiger partial charge in [-0.3, -0.25) is 4.79 Å². The lowest BCUT2D eigenvalue weighted by atomic mass is 10.2. The van der Waals surface area contributed by atoms with Crippen LogP contribution < -0.4 is 5.32 Å². The topological polar surface area (TPSA) is 58.6 Å². The maximum absolute atomic E-state index is 12.2. The number of nitrogens with one attached hydrogen (secondary N) is 1. The van der Waals surface area contributed by atoms with Crippen molar-refractivity contribution in [3.63, 3.8) is 0 Å². The van der Waals surface area contributed by atoms with E-state index in [1.165, 1.54) is 11.3 Å². The molecule has 0 spiro atoms. The lowest BCUT2D eigenvalue weighted by molar-refractivity contribution is 0.0918. The molecule has 0 radical (unpaired) electrons. The molecule has 1 fully saturated rings. The third-order valence-electron chi connectivity index (χ3n) is 3.23. The van der Waals surface area contributed by atoms with Crippen LogP contribution in [-0.4, -0.2) is 36.9 Å². The van der Waals surface area contributed by atoms with E-state index in [-0.39, 0.29) is 24.7 Å². The van der Waals surface area contributed by atoms with E-state index in [0.29, 0.717) is 10.4 Å². The van der Waals surface area contributed by atoms with Gasteiger partial charge in [-0.1, -0.05) is 11.8 Å². The second-order valence-electron chi connectivity index (χ2n) is 4.46. The molecular weight excluding hydrogens is 262 g/mol. The first-order valence-corrected chi connectivity index (χ1v) is 7.13. The molecule has 1 saturated carbocycles. The number of thiophene rings is 1. The molecule has 4 nitrogen and oxygen atoms in total. The summed E-state index contributed by atoms with van der Waals surface area (Å²) in [4.78, 5) is 12.8. The number of ether oxygens (including phenoxy) is 1. The summed E-state index contributed by atoms with van der Waals surface area (Å²) in [7, 11) is 1.71. The highest BCUT2D eigenvalue weighted by molar-refractivity contribution is 7.12. The number of rotatable bonds is 3. The van der Waals surface area contributed by atoms with Gasteiger partial charge in [-0.15, -0.1) is 11.3 Å². The highest BCUT2D eigenvalue weighted by Crippen LogP contribution is 2.23. The third kappa shape index (κ3) is 3.57. The number of methoxy groups -OCH3 is 1. The first kappa shape index (κ1) is 14.1. The van der Waals surface area contributed by atoms with Crippen LogP contribution in [0.25, 0.3) is 0 Å². The molecule has 1 aliphatic carbocycles. The molecule has 0 saturated heterocycles. The fourth-order valence-electron chi connectivity index (χ4n) is 2.25. The minimum Gasteiger partial charge on any atom is -0.384 e. The predicted octanol–water partition coefficient (Wildman–Crippen LogP) is 1.39. The number of carbonyl (C=O) groups excluding carboxylic acids is 1. The zero-order chi connectivity index (χ0) is 13.7. The van der Waals surface area contributed by atoms with E-state index in [1.807, 2.05) is 5.38 Å². The fraction of sp³-hybridized carbons (Fsp3) is 0.500. The summed E-state index contributed by atoms with van der Waals surface area (Å²) >= 11 is 1.37. The van der Waals surface area contributed by atoms with Gasteiger partial charge < -0.3 is 15.2 Å². The Morgan fingerprint density at radius 3 is 3.16 bits per heavy atom. The van der Waals surface area contributed by atoms with Crippen molar-refractivity contribution in [3.05, 3.63) is 21.9 Å². The second-order valence-corrected chi connectivity index (χ2v) is 5.38. The normalized spacial score (nSPS) is 21.8. The molecule has 19 heavy (non-hydrogen) atoms. The standard InChI is InChI=1S/C14H17NO3S/c1-18-12-5-4-11(9-12)15-14(17)13-10(3-2-7-16)6-8-19-13/h6,8,11-12,16H,4-5,7,9H2,1H3,(H,15,17). The average Bonchev–Trinajstić information content (AvgIpc) is 3.04. The molecule has 102 valence electrons. The molecule has 1 aromatic heterocycles. The Morgan fingerprint density at radius 2 is 2.47 bits per heavy atom. The molecule has 0 aromatic carbocycles. The highest BCUT2D eigenvalue weighted by Gasteiger charge is 2.26. The number of aliphatic hydroxyl groups excluding tert-OH is 1. The van der Waals surface area contributed by atoms with Crippen LogP contribution in [0.4, 0.5) is 0 Å². The van der Waals surface area contributed by atoms with Gasteiger partial charge in [0.2, 0.25) is 0 Å². The Bertz CT molecular complexity index is 500. The molecular formula is C14H17NO3S. The molecule has 5 heteroatoms.